The van der Waals surface area contributed by atoms with Crippen LogP contribution in [-0.4, -0.2) is 17.3 Å². The van der Waals surface area contributed by atoms with Crippen molar-refractivity contribution in [3.05, 3.63) is 0 Å². The van der Waals surface area contributed by atoms with Gasteiger partial charge in [0.05, 0.1) is 11.8 Å². The average Bonchev–Trinajstić information content (AvgIpc) is 2.15. The monoisotopic (exact) mass is 211 g/mol. The molecule has 1 fully saturated rings. The summed E-state index contributed by atoms with van der Waals surface area (Å²) in [6.07, 6.45) is -3.10. The predicted octanol–water partition coefficient (Wildman–Crippen LogP) is 1.86. The van der Waals surface area contributed by atoms with Gasteiger partial charge in [0.15, 0.2) is 0 Å². The molecular weight excluding hydrogens is 199 g/mol. The van der Waals surface area contributed by atoms with E-state index in [0.717, 1.165) is 0 Å². The first-order valence-electron chi connectivity index (χ1n) is 4.47. The van der Waals surface area contributed by atoms with Gasteiger partial charge in [0, 0.05) is 0 Å². The molecule has 2 unspecified atom stereocenters. The third-order valence-corrected chi connectivity index (χ3v) is 2.63. The van der Waals surface area contributed by atoms with Crippen LogP contribution < -0.4 is 5.48 Å². The Hall–Kier alpha value is -0.780. The second-order valence-electron chi connectivity index (χ2n) is 3.52. The number of amides is 1. The minimum absolute atomic E-state index is 0.0262. The maximum atomic E-state index is 12.4. The average molecular weight is 211 g/mol. The van der Waals surface area contributed by atoms with Gasteiger partial charge in [-0.25, -0.2) is 5.48 Å². The lowest BCUT2D eigenvalue weighted by atomic mass is 9.78. The number of carbonyl (C=O) groups is 1. The Labute approximate surface area is 79.2 Å². The third-order valence-electron chi connectivity index (χ3n) is 2.63. The number of carbonyl (C=O) groups excluding carboxylic acids is 1. The van der Waals surface area contributed by atoms with Crippen LogP contribution in [0.2, 0.25) is 0 Å². The first-order valence-corrected chi connectivity index (χ1v) is 4.47. The van der Waals surface area contributed by atoms with Crippen molar-refractivity contribution in [3.8, 4) is 0 Å². The highest BCUT2D eigenvalue weighted by molar-refractivity contribution is 5.77. The Morgan fingerprint density at radius 1 is 1.29 bits per heavy atom. The summed E-state index contributed by atoms with van der Waals surface area (Å²) in [6, 6.07) is 0. The zero-order valence-corrected chi connectivity index (χ0v) is 7.47. The fraction of sp³-hybridized carbons (Fsp3) is 0.875. The molecule has 2 N–H and O–H groups in total. The van der Waals surface area contributed by atoms with Gasteiger partial charge >= 0.3 is 6.18 Å². The Balaban J connectivity index is 2.74. The van der Waals surface area contributed by atoms with Crippen molar-refractivity contribution in [2.45, 2.75) is 31.9 Å². The van der Waals surface area contributed by atoms with Crippen LogP contribution in [-0.2, 0) is 4.79 Å². The highest BCUT2D eigenvalue weighted by Crippen LogP contribution is 2.41. The van der Waals surface area contributed by atoms with Gasteiger partial charge in [0.25, 0.3) is 0 Å². The Morgan fingerprint density at radius 3 is 2.36 bits per heavy atom. The van der Waals surface area contributed by atoms with E-state index >= 15 is 0 Å². The van der Waals surface area contributed by atoms with E-state index in [2.05, 4.69) is 0 Å². The molecule has 1 rings (SSSR count). The van der Waals surface area contributed by atoms with Crippen molar-refractivity contribution >= 4 is 5.91 Å². The van der Waals surface area contributed by atoms with E-state index in [1.165, 1.54) is 5.48 Å². The lowest BCUT2D eigenvalue weighted by Gasteiger charge is -2.31. The lowest BCUT2D eigenvalue weighted by Crippen LogP contribution is -2.41. The third kappa shape index (κ3) is 2.37. The molecule has 0 bridgehead atoms. The topological polar surface area (TPSA) is 49.3 Å². The summed E-state index contributed by atoms with van der Waals surface area (Å²) in [7, 11) is 0. The van der Waals surface area contributed by atoms with Gasteiger partial charge in [0.2, 0.25) is 5.91 Å². The van der Waals surface area contributed by atoms with E-state index in [1.807, 2.05) is 0 Å². The van der Waals surface area contributed by atoms with Gasteiger partial charge in [-0.1, -0.05) is 12.8 Å². The molecule has 0 aromatic heterocycles. The fourth-order valence-corrected chi connectivity index (χ4v) is 1.92. The molecule has 0 aliphatic heterocycles. The maximum Gasteiger partial charge on any atom is 0.392 e. The maximum absolute atomic E-state index is 12.4. The molecule has 14 heavy (non-hydrogen) atoms. The van der Waals surface area contributed by atoms with Crippen LogP contribution in [0, 0.1) is 11.8 Å². The van der Waals surface area contributed by atoms with Crippen LogP contribution in [0.25, 0.3) is 0 Å². The van der Waals surface area contributed by atoms with Crippen molar-refractivity contribution in [3.63, 3.8) is 0 Å². The molecule has 0 radical (unpaired) electrons. The first-order chi connectivity index (χ1) is 6.46. The zero-order valence-electron chi connectivity index (χ0n) is 7.47. The predicted molar refractivity (Wildman–Crippen MR) is 41.4 cm³/mol. The molecule has 1 aliphatic carbocycles. The Kier molecular flexibility index (Phi) is 3.36. The number of alkyl halides is 3. The minimum Gasteiger partial charge on any atom is -0.289 e. The van der Waals surface area contributed by atoms with E-state index in [1.54, 1.807) is 0 Å². The molecule has 0 heterocycles. The molecule has 0 saturated heterocycles. The fourth-order valence-electron chi connectivity index (χ4n) is 1.92. The van der Waals surface area contributed by atoms with Gasteiger partial charge in [-0.2, -0.15) is 13.2 Å². The molecular formula is C8H12F3NO2. The SMILES string of the molecule is O=C(NO)C1CCCCC1C(F)(F)F. The van der Waals surface area contributed by atoms with Crippen LogP contribution >= 0.6 is 0 Å². The van der Waals surface area contributed by atoms with Gasteiger partial charge in [-0.3, -0.25) is 10.0 Å². The highest BCUT2D eigenvalue weighted by Gasteiger charge is 2.47. The van der Waals surface area contributed by atoms with Crippen molar-refractivity contribution in [1.29, 1.82) is 0 Å². The molecule has 0 spiro atoms. The van der Waals surface area contributed by atoms with Crippen molar-refractivity contribution in [2.24, 2.45) is 11.8 Å². The smallest absolute Gasteiger partial charge is 0.289 e. The summed E-state index contributed by atoms with van der Waals surface area (Å²) in [5.41, 5.74) is 1.30. The number of hydroxylamine groups is 1. The summed E-state index contributed by atoms with van der Waals surface area (Å²) in [6.45, 7) is 0. The number of rotatable bonds is 1. The summed E-state index contributed by atoms with van der Waals surface area (Å²) in [5, 5.41) is 8.30. The summed E-state index contributed by atoms with van der Waals surface area (Å²) < 4.78 is 37.3. The number of nitrogens with one attached hydrogen (secondary N) is 1. The van der Waals surface area contributed by atoms with E-state index in [0.29, 0.717) is 12.8 Å². The molecule has 1 saturated carbocycles. The highest BCUT2D eigenvalue weighted by atomic mass is 19.4. The minimum atomic E-state index is -4.35. The van der Waals surface area contributed by atoms with E-state index in [4.69, 9.17) is 5.21 Å². The van der Waals surface area contributed by atoms with Crippen molar-refractivity contribution in [1.82, 2.24) is 5.48 Å². The largest absolute Gasteiger partial charge is 0.392 e. The van der Waals surface area contributed by atoms with Crippen LogP contribution in [0.1, 0.15) is 25.7 Å². The number of halogens is 3. The summed E-state index contributed by atoms with van der Waals surface area (Å²) >= 11 is 0. The molecule has 1 amide bonds. The summed E-state index contributed by atoms with van der Waals surface area (Å²) in [4.78, 5) is 11.0. The molecule has 6 heteroatoms. The standard InChI is InChI=1S/C8H12F3NO2/c9-8(10,11)6-4-2-1-3-5(6)7(13)12-14/h5-6,14H,1-4H2,(H,12,13). The van der Waals surface area contributed by atoms with Crippen molar-refractivity contribution in [2.75, 3.05) is 0 Å². The molecule has 2 atom stereocenters. The molecule has 82 valence electrons. The Morgan fingerprint density at radius 2 is 1.86 bits per heavy atom. The Bertz CT molecular complexity index is 217. The normalized spacial score (nSPS) is 28.6. The molecule has 0 aromatic carbocycles. The van der Waals surface area contributed by atoms with E-state index < -0.39 is 23.9 Å². The van der Waals surface area contributed by atoms with Gasteiger partial charge < -0.3 is 0 Å². The zero-order chi connectivity index (χ0) is 10.8. The van der Waals surface area contributed by atoms with E-state index in [9.17, 15) is 18.0 Å². The summed E-state index contributed by atoms with van der Waals surface area (Å²) in [5.74, 6) is -3.66. The lowest BCUT2D eigenvalue weighted by molar-refractivity contribution is -0.200. The molecule has 1 aliphatic rings. The van der Waals surface area contributed by atoms with Gasteiger partial charge in [-0.05, 0) is 12.8 Å². The van der Waals surface area contributed by atoms with Crippen LogP contribution in [0.3, 0.4) is 0 Å². The first kappa shape index (κ1) is 11.3. The van der Waals surface area contributed by atoms with Crippen LogP contribution in [0.15, 0.2) is 0 Å². The molecule has 3 nitrogen and oxygen atoms in total. The number of hydrogen-bond donors (Lipinski definition) is 2. The van der Waals surface area contributed by atoms with Crippen molar-refractivity contribution < 1.29 is 23.2 Å². The second kappa shape index (κ2) is 4.16. The van der Waals surface area contributed by atoms with Crippen LogP contribution in [0.4, 0.5) is 13.2 Å². The van der Waals surface area contributed by atoms with Gasteiger partial charge in [0.1, 0.15) is 0 Å². The van der Waals surface area contributed by atoms with E-state index in [-0.39, 0.29) is 12.8 Å². The second-order valence-corrected chi connectivity index (χ2v) is 3.52. The number of hydrogen-bond acceptors (Lipinski definition) is 2. The quantitative estimate of drug-likeness (QED) is 0.513. The van der Waals surface area contributed by atoms with Gasteiger partial charge in [-0.15, -0.1) is 0 Å². The molecule has 0 aromatic rings. The van der Waals surface area contributed by atoms with Crippen LogP contribution in [0.5, 0.6) is 0 Å².